The molecule has 2 N–H and O–H groups in total. The molecule has 1 aromatic heterocycles. The van der Waals surface area contributed by atoms with Crippen LogP contribution in [0.4, 0.5) is 0 Å². The maximum Gasteiger partial charge on any atom is 0.207 e. The second-order valence-corrected chi connectivity index (χ2v) is 7.18. The molecule has 122 valence electrons. The number of nitrogens with two attached hydrogens (primary N) is 1. The lowest BCUT2D eigenvalue weighted by atomic mass is 10.0. The zero-order chi connectivity index (χ0) is 16.5. The second kappa shape index (κ2) is 6.30. The molecule has 0 aliphatic carbocycles. The van der Waals surface area contributed by atoms with E-state index in [2.05, 4.69) is 61.5 Å². The molecule has 0 saturated carbocycles. The largest absolute Gasteiger partial charge is 0.387 e. The lowest BCUT2D eigenvalue weighted by Gasteiger charge is -2.22. The van der Waals surface area contributed by atoms with Gasteiger partial charge in [0.2, 0.25) is 5.88 Å². The topological polar surface area (TPSA) is 38.5 Å². The highest BCUT2D eigenvalue weighted by Gasteiger charge is 2.29. The van der Waals surface area contributed by atoms with Gasteiger partial charge in [-0.15, -0.1) is 16.4 Å². The van der Waals surface area contributed by atoms with E-state index in [1.165, 1.54) is 26.1 Å². The molecule has 3 aromatic rings. The molecule has 1 unspecified atom stereocenters. The van der Waals surface area contributed by atoms with Crippen LogP contribution in [0.15, 0.2) is 66.6 Å². The number of nitrogens with zero attached hydrogens (tertiary/aromatic N) is 1. The minimum absolute atomic E-state index is 0.0780. The van der Waals surface area contributed by atoms with Crippen molar-refractivity contribution in [3.63, 3.8) is 0 Å². The molecule has 0 spiro atoms. The van der Waals surface area contributed by atoms with E-state index < -0.39 is 0 Å². The average molecular weight is 336 g/mol. The molecular formula is C20H20N2OS. The molecule has 4 rings (SSSR count). The molecule has 0 bridgehead atoms. The van der Waals surface area contributed by atoms with Gasteiger partial charge in [-0.1, -0.05) is 49.4 Å². The van der Waals surface area contributed by atoms with Crippen LogP contribution in [0.25, 0.3) is 10.8 Å². The van der Waals surface area contributed by atoms with Gasteiger partial charge in [0.1, 0.15) is 6.04 Å². The van der Waals surface area contributed by atoms with Gasteiger partial charge in [-0.3, -0.25) is 0 Å². The second-order valence-electron chi connectivity index (χ2n) is 5.98. The Labute approximate surface area is 145 Å². The normalized spacial score (nSPS) is 17.9. The van der Waals surface area contributed by atoms with Crippen molar-refractivity contribution >= 4 is 22.1 Å². The highest BCUT2D eigenvalue weighted by atomic mass is 32.1. The van der Waals surface area contributed by atoms with Gasteiger partial charge in [0, 0.05) is 15.8 Å². The first-order chi connectivity index (χ1) is 11.7. The Hall–Kier alpha value is -2.30. The van der Waals surface area contributed by atoms with E-state index in [1.807, 2.05) is 22.5 Å². The van der Waals surface area contributed by atoms with E-state index in [1.54, 1.807) is 0 Å². The summed E-state index contributed by atoms with van der Waals surface area (Å²) in [4.78, 5) is 8.46. The molecule has 24 heavy (non-hydrogen) atoms. The van der Waals surface area contributed by atoms with Crippen molar-refractivity contribution in [1.29, 1.82) is 0 Å². The summed E-state index contributed by atoms with van der Waals surface area (Å²) in [7, 11) is 0. The molecule has 0 amide bonds. The van der Waals surface area contributed by atoms with Crippen LogP contribution in [-0.2, 0) is 17.8 Å². The van der Waals surface area contributed by atoms with E-state index in [0.717, 1.165) is 6.42 Å². The van der Waals surface area contributed by atoms with Crippen LogP contribution in [0.1, 0.15) is 28.3 Å². The van der Waals surface area contributed by atoms with Crippen molar-refractivity contribution in [2.45, 2.75) is 25.9 Å². The number of hydrogen-bond donors (Lipinski definition) is 1. The third-order valence-corrected chi connectivity index (χ3v) is 5.68. The molecule has 0 fully saturated rings. The van der Waals surface area contributed by atoms with Crippen LogP contribution in [0, 0.1) is 0 Å². The van der Waals surface area contributed by atoms with Crippen LogP contribution < -0.4 is 5.73 Å². The first-order valence-electron chi connectivity index (χ1n) is 8.21. The molecule has 1 aliphatic rings. The zero-order valence-electron chi connectivity index (χ0n) is 13.6. The summed E-state index contributed by atoms with van der Waals surface area (Å²) < 4.78 is 0. The third-order valence-electron chi connectivity index (χ3n) is 4.38. The van der Waals surface area contributed by atoms with Gasteiger partial charge in [0.15, 0.2) is 0 Å². The summed E-state index contributed by atoms with van der Waals surface area (Å²) in [6, 6.07) is 19.3. The first kappa shape index (κ1) is 15.2. The Balaban J connectivity index is 1.65. The summed E-state index contributed by atoms with van der Waals surface area (Å²) in [5.74, 6) is 0.478. The maximum absolute atomic E-state index is 5.96. The molecule has 0 radical (unpaired) electrons. The van der Waals surface area contributed by atoms with Crippen molar-refractivity contribution in [2.75, 3.05) is 0 Å². The predicted octanol–water partition coefficient (Wildman–Crippen LogP) is 4.75. The SMILES string of the molecule is CCc1ccc(C2C=C(N)ON2Cc2cccc3ccccc23)s1. The highest BCUT2D eigenvalue weighted by Crippen LogP contribution is 2.36. The van der Waals surface area contributed by atoms with Gasteiger partial charge in [-0.2, -0.15) is 0 Å². The van der Waals surface area contributed by atoms with Gasteiger partial charge in [0.05, 0.1) is 6.54 Å². The van der Waals surface area contributed by atoms with Crippen molar-refractivity contribution in [2.24, 2.45) is 5.73 Å². The third kappa shape index (κ3) is 2.79. The van der Waals surface area contributed by atoms with Gasteiger partial charge < -0.3 is 10.6 Å². The predicted molar refractivity (Wildman–Crippen MR) is 99.3 cm³/mol. The molecule has 1 aliphatic heterocycles. The number of fused-ring (bicyclic) bond motifs is 1. The fourth-order valence-corrected chi connectivity index (χ4v) is 4.18. The molecule has 3 nitrogen and oxygen atoms in total. The fourth-order valence-electron chi connectivity index (χ4n) is 3.16. The number of hydroxylamine groups is 2. The van der Waals surface area contributed by atoms with Gasteiger partial charge in [-0.05, 0) is 34.9 Å². The van der Waals surface area contributed by atoms with Gasteiger partial charge >= 0.3 is 0 Å². The molecule has 2 heterocycles. The number of rotatable bonds is 4. The summed E-state index contributed by atoms with van der Waals surface area (Å²) >= 11 is 1.83. The average Bonchev–Trinajstić information content (AvgIpc) is 3.21. The highest BCUT2D eigenvalue weighted by molar-refractivity contribution is 7.12. The number of benzene rings is 2. The number of thiophene rings is 1. The Bertz CT molecular complexity index is 894. The van der Waals surface area contributed by atoms with Crippen molar-refractivity contribution in [3.05, 3.63) is 81.9 Å². The first-order valence-corrected chi connectivity index (χ1v) is 9.03. The Morgan fingerprint density at radius 2 is 1.92 bits per heavy atom. The Kier molecular flexibility index (Phi) is 4.00. The van der Waals surface area contributed by atoms with Crippen LogP contribution in [0.2, 0.25) is 0 Å². The van der Waals surface area contributed by atoms with E-state index in [4.69, 9.17) is 10.6 Å². The molecule has 1 atom stereocenters. The summed E-state index contributed by atoms with van der Waals surface area (Å²) in [5, 5.41) is 4.48. The number of aryl methyl sites for hydroxylation is 1. The number of hydrogen-bond acceptors (Lipinski definition) is 4. The smallest absolute Gasteiger partial charge is 0.207 e. The van der Waals surface area contributed by atoms with Crippen molar-refractivity contribution in [3.8, 4) is 0 Å². The zero-order valence-corrected chi connectivity index (χ0v) is 14.4. The van der Waals surface area contributed by atoms with Crippen LogP contribution in [0.3, 0.4) is 0 Å². The molecule has 2 aromatic carbocycles. The minimum atomic E-state index is 0.0780. The van der Waals surface area contributed by atoms with E-state index in [9.17, 15) is 0 Å². The van der Waals surface area contributed by atoms with Crippen LogP contribution in [-0.4, -0.2) is 5.06 Å². The maximum atomic E-state index is 5.96. The van der Waals surface area contributed by atoms with Crippen molar-refractivity contribution in [1.82, 2.24) is 5.06 Å². The fraction of sp³-hybridized carbons (Fsp3) is 0.200. The Morgan fingerprint density at radius 3 is 2.75 bits per heavy atom. The molecular weight excluding hydrogens is 316 g/mol. The summed E-state index contributed by atoms with van der Waals surface area (Å²) in [6.45, 7) is 2.88. The van der Waals surface area contributed by atoms with Crippen LogP contribution >= 0.6 is 11.3 Å². The van der Waals surface area contributed by atoms with E-state index in [-0.39, 0.29) is 6.04 Å². The molecule has 4 heteroatoms. The van der Waals surface area contributed by atoms with Gasteiger partial charge in [0.25, 0.3) is 0 Å². The van der Waals surface area contributed by atoms with Crippen molar-refractivity contribution < 1.29 is 4.84 Å². The van der Waals surface area contributed by atoms with E-state index >= 15 is 0 Å². The summed E-state index contributed by atoms with van der Waals surface area (Å²) in [6.07, 6.45) is 3.05. The lowest BCUT2D eigenvalue weighted by Crippen LogP contribution is -2.22. The van der Waals surface area contributed by atoms with Gasteiger partial charge in [-0.25, -0.2) is 0 Å². The summed E-state index contributed by atoms with van der Waals surface area (Å²) in [5.41, 5.74) is 7.20. The monoisotopic (exact) mass is 336 g/mol. The van der Waals surface area contributed by atoms with Crippen LogP contribution in [0.5, 0.6) is 0 Å². The quantitative estimate of drug-likeness (QED) is 0.747. The Morgan fingerprint density at radius 1 is 1.08 bits per heavy atom. The lowest BCUT2D eigenvalue weighted by molar-refractivity contribution is -0.126. The standard InChI is InChI=1S/C20H20N2OS/c1-2-16-10-11-19(24-16)18-12-20(21)23-22(18)13-15-8-5-7-14-6-3-4-9-17(14)15/h3-12,18H,2,13,21H2,1H3. The van der Waals surface area contributed by atoms with E-state index in [0.29, 0.717) is 12.4 Å². The molecule has 0 saturated heterocycles. The minimum Gasteiger partial charge on any atom is -0.387 e.